The molecule has 1 aliphatic heterocycles. The Kier molecular flexibility index (Phi) is 4.68. The standard InChI is InChI=1S/C15H29NO2/c1-7-15(6,8-2)12-9-10-16(11-12)13(17)18-14(3,4)5/h12H,7-11H2,1-6H3. The van der Waals surface area contributed by atoms with E-state index in [-0.39, 0.29) is 6.09 Å². The predicted octanol–water partition coefficient (Wildman–Crippen LogP) is 4.07. The molecule has 0 radical (unpaired) electrons. The summed E-state index contributed by atoms with van der Waals surface area (Å²) in [5.41, 5.74) is -0.0370. The van der Waals surface area contributed by atoms with Gasteiger partial charge < -0.3 is 9.64 Å². The summed E-state index contributed by atoms with van der Waals surface area (Å²) in [5.74, 6) is 0.611. The van der Waals surface area contributed by atoms with Gasteiger partial charge in [-0.15, -0.1) is 0 Å². The minimum atomic E-state index is -0.395. The van der Waals surface area contributed by atoms with E-state index in [4.69, 9.17) is 4.74 Å². The molecule has 0 saturated carbocycles. The summed E-state index contributed by atoms with van der Waals surface area (Å²) in [5, 5.41) is 0. The van der Waals surface area contributed by atoms with Crippen molar-refractivity contribution in [2.24, 2.45) is 11.3 Å². The van der Waals surface area contributed by atoms with E-state index in [1.54, 1.807) is 0 Å². The van der Waals surface area contributed by atoms with Crippen LogP contribution in [0.5, 0.6) is 0 Å². The summed E-state index contributed by atoms with van der Waals surface area (Å²) in [6.45, 7) is 14.3. The van der Waals surface area contributed by atoms with Gasteiger partial charge >= 0.3 is 6.09 Å². The maximum Gasteiger partial charge on any atom is 0.410 e. The van der Waals surface area contributed by atoms with E-state index in [0.717, 1.165) is 19.5 Å². The van der Waals surface area contributed by atoms with Crippen LogP contribution in [0.3, 0.4) is 0 Å². The second kappa shape index (κ2) is 5.50. The molecule has 3 nitrogen and oxygen atoms in total. The monoisotopic (exact) mass is 255 g/mol. The van der Waals surface area contributed by atoms with E-state index in [1.165, 1.54) is 12.8 Å². The molecule has 0 aliphatic carbocycles. The first-order valence-electron chi connectivity index (χ1n) is 7.19. The zero-order valence-electron chi connectivity index (χ0n) is 12.9. The molecule has 106 valence electrons. The van der Waals surface area contributed by atoms with Gasteiger partial charge in [0.05, 0.1) is 0 Å². The van der Waals surface area contributed by atoms with Crippen LogP contribution < -0.4 is 0 Å². The zero-order valence-corrected chi connectivity index (χ0v) is 12.9. The third-order valence-corrected chi connectivity index (χ3v) is 4.44. The van der Waals surface area contributed by atoms with Gasteiger partial charge in [0, 0.05) is 13.1 Å². The largest absolute Gasteiger partial charge is 0.444 e. The Labute approximate surface area is 112 Å². The van der Waals surface area contributed by atoms with Crippen molar-refractivity contribution in [3.8, 4) is 0 Å². The van der Waals surface area contributed by atoms with Crippen LogP contribution in [-0.2, 0) is 4.74 Å². The molecule has 1 amide bonds. The highest BCUT2D eigenvalue weighted by Gasteiger charge is 2.38. The molecule has 1 atom stereocenters. The van der Waals surface area contributed by atoms with Gasteiger partial charge in [-0.25, -0.2) is 4.79 Å². The second-order valence-electron chi connectivity index (χ2n) is 6.77. The maximum absolute atomic E-state index is 12.0. The smallest absolute Gasteiger partial charge is 0.410 e. The molecular formula is C15H29NO2. The molecule has 1 fully saturated rings. The maximum atomic E-state index is 12.0. The van der Waals surface area contributed by atoms with Crippen molar-refractivity contribution >= 4 is 6.09 Å². The Morgan fingerprint density at radius 2 is 1.78 bits per heavy atom. The normalized spacial score (nSPS) is 21.2. The number of nitrogens with zero attached hydrogens (tertiary/aromatic N) is 1. The Bertz CT molecular complexity index is 289. The molecule has 0 bridgehead atoms. The number of rotatable bonds is 3. The van der Waals surface area contributed by atoms with Crippen LogP contribution in [0.15, 0.2) is 0 Å². The van der Waals surface area contributed by atoms with Crippen LogP contribution in [0.25, 0.3) is 0 Å². The van der Waals surface area contributed by atoms with Crippen LogP contribution in [0.2, 0.25) is 0 Å². The average Bonchev–Trinajstić information content (AvgIpc) is 2.75. The zero-order chi connectivity index (χ0) is 14.0. The van der Waals surface area contributed by atoms with Crippen molar-refractivity contribution in [1.82, 2.24) is 4.90 Å². The summed E-state index contributed by atoms with van der Waals surface area (Å²) >= 11 is 0. The highest BCUT2D eigenvalue weighted by molar-refractivity contribution is 5.68. The number of carbonyl (C=O) groups excluding carboxylic acids is 1. The minimum Gasteiger partial charge on any atom is -0.444 e. The number of hydrogen-bond acceptors (Lipinski definition) is 2. The van der Waals surface area contributed by atoms with Gasteiger partial charge in [-0.2, -0.15) is 0 Å². The summed E-state index contributed by atoms with van der Waals surface area (Å²) in [7, 11) is 0. The Balaban J connectivity index is 2.58. The summed E-state index contributed by atoms with van der Waals surface area (Å²) < 4.78 is 5.44. The number of likely N-dealkylation sites (tertiary alicyclic amines) is 1. The molecule has 0 spiro atoms. The van der Waals surface area contributed by atoms with E-state index in [0.29, 0.717) is 11.3 Å². The van der Waals surface area contributed by atoms with Gasteiger partial charge in [-0.3, -0.25) is 0 Å². The molecule has 0 aromatic rings. The van der Waals surface area contributed by atoms with Crippen LogP contribution in [0.1, 0.15) is 60.8 Å². The van der Waals surface area contributed by atoms with E-state index in [2.05, 4.69) is 20.8 Å². The molecule has 1 rings (SSSR count). The Morgan fingerprint density at radius 3 is 2.22 bits per heavy atom. The van der Waals surface area contributed by atoms with E-state index in [9.17, 15) is 4.79 Å². The summed E-state index contributed by atoms with van der Waals surface area (Å²) in [6.07, 6.45) is 3.31. The molecule has 0 N–H and O–H groups in total. The number of amides is 1. The molecule has 1 heterocycles. The third-order valence-electron chi connectivity index (χ3n) is 4.44. The van der Waals surface area contributed by atoms with Gasteiger partial charge in [0.1, 0.15) is 5.60 Å². The van der Waals surface area contributed by atoms with Crippen molar-refractivity contribution in [3.63, 3.8) is 0 Å². The minimum absolute atomic E-state index is 0.153. The third kappa shape index (κ3) is 3.63. The van der Waals surface area contributed by atoms with E-state index in [1.807, 2.05) is 25.7 Å². The van der Waals surface area contributed by atoms with Gasteiger partial charge in [0.25, 0.3) is 0 Å². The average molecular weight is 255 g/mol. The lowest BCUT2D eigenvalue weighted by Gasteiger charge is -2.33. The van der Waals surface area contributed by atoms with Gasteiger partial charge in [-0.05, 0) is 38.5 Å². The first-order valence-corrected chi connectivity index (χ1v) is 7.19. The molecule has 1 aliphatic rings. The van der Waals surface area contributed by atoms with Crippen LogP contribution in [0.4, 0.5) is 4.79 Å². The van der Waals surface area contributed by atoms with Gasteiger partial charge in [-0.1, -0.05) is 33.6 Å². The highest BCUT2D eigenvalue weighted by atomic mass is 16.6. The lowest BCUT2D eigenvalue weighted by molar-refractivity contribution is 0.0271. The second-order valence-corrected chi connectivity index (χ2v) is 6.77. The van der Waals surface area contributed by atoms with Crippen molar-refractivity contribution < 1.29 is 9.53 Å². The quantitative estimate of drug-likeness (QED) is 0.760. The Hall–Kier alpha value is -0.730. The SMILES string of the molecule is CCC(C)(CC)C1CCN(C(=O)OC(C)(C)C)C1. The molecule has 3 heteroatoms. The summed E-state index contributed by atoms with van der Waals surface area (Å²) in [6, 6.07) is 0. The van der Waals surface area contributed by atoms with E-state index < -0.39 is 5.60 Å². The first-order chi connectivity index (χ1) is 8.22. The fourth-order valence-electron chi connectivity index (χ4n) is 2.65. The molecule has 1 saturated heterocycles. The van der Waals surface area contributed by atoms with Crippen molar-refractivity contribution in [1.29, 1.82) is 0 Å². The molecule has 1 unspecified atom stereocenters. The van der Waals surface area contributed by atoms with Crippen molar-refractivity contribution in [3.05, 3.63) is 0 Å². The lowest BCUT2D eigenvalue weighted by atomic mass is 9.72. The first kappa shape index (κ1) is 15.3. The fraction of sp³-hybridized carbons (Fsp3) is 0.933. The Morgan fingerprint density at radius 1 is 1.22 bits per heavy atom. The van der Waals surface area contributed by atoms with E-state index >= 15 is 0 Å². The molecule has 0 aromatic carbocycles. The van der Waals surface area contributed by atoms with Gasteiger partial charge in [0.2, 0.25) is 0 Å². The van der Waals surface area contributed by atoms with Crippen molar-refractivity contribution in [2.75, 3.05) is 13.1 Å². The number of carbonyl (C=O) groups is 1. The van der Waals surface area contributed by atoms with Crippen LogP contribution in [0, 0.1) is 11.3 Å². The summed E-state index contributed by atoms with van der Waals surface area (Å²) in [4.78, 5) is 13.9. The molecule has 0 aromatic heterocycles. The topological polar surface area (TPSA) is 29.5 Å². The van der Waals surface area contributed by atoms with Crippen LogP contribution in [-0.4, -0.2) is 29.7 Å². The van der Waals surface area contributed by atoms with Gasteiger partial charge in [0.15, 0.2) is 0 Å². The highest BCUT2D eigenvalue weighted by Crippen LogP contribution is 2.40. The predicted molar refractivity (Wildman–Crippen MR) is 74.6 cm³/mol. The van der Waals surface area contributed by atoms with Crippen molar-refractivity contribution in [2.45, 2.75) is 66.4 Å². The fourth-order valence-corrected chi connectivity index (χ4v) is 2.65. The lowest BCUT2D eigenvalue weighted by Crippen LogP contribution is -2.37. The number of ether oxygens (including phenoxy) is 1. The molecular weight excluding hydrogens is 226 g/mol. The van der Waals surface area contributed by atoms with Crippen LogP contribution >= 0.6 is 0 Å². The molecule has 18 heavy (non-hydrogen) atoms. The number of hydrogen-bond donors (Lipinski definition) is 0.